The predicted molar refractivity (Wildman–Crippen MR) is 81.9 cm³/mol. The minimum Gasteiger partial charge on any atom is -0.341 e. The van der Waals surface area contributed by atoms with Crippen molar-refractivity contribution in [2.45, 2.75) is 12.8 Å². The fourth-order valence-corrected chi connectivity index (χ4v) is 2.62. The Hall–Kier alpha value is -1.07. The number of hydrogen-bond donors (Lipinski definition) is 0. The Kier molecular flexibility index (Phi) is 5.05. The van der Waals surface area contributed by atoms with Crippen LogP contribution < -0.4 is 0 Å². The van der Waals surface area contributed by atoms with Gasteiger partial charge < -0.3 is 9.80 Å². The third-order valence-corrected chi connectivity index (χ3v) is 4.58. The molecule has 0 bridgehead atoms. The van der Waals surface area contributed by atoms with E-state index >= 15 is 0 Å². The van der Waals surface area contributed by atoms with Crippen LogP contribution in [0.5, 0.6) is 0 Å². The van der Waals surface area contributed by atoms with Gasteiger partial charge in [-0.05, 0) is 47.0 Å². The summed E-state index contributed by atoms with van der Waals surface area (Å²) in [6.07, 6.45) is 2.09. The Labute approximate surface area is 131 Å². The number of likely N-dealkylation sites (tertiary alicyclic amines) is 1. The van der Waals surface area contributed by atoms with Gasteiger partial charge in [-0.1, -0.05) is 11.6 Å². The van der Waals surface area contributed by atoms with Crippen LogP contribution in [0.1, 0.15) is 23.2 Å². The van der Waals surface area contributed by atoms with E-state index in [9.17, 15) is 9.59 Å². The van der Waals surface area contributed by atoms with Crippen LogP contribution in [0.25, 0.3) is 0 Å². The average Bonchev–Trinajstić information content (AvgIpc) is 2.95. The summed E-state index contributed by atoms with van der Waals surface area (Å²) in [5, 5.41) is 0.482. The minimum absolute atomic E-state index is 0.00144. The monoisotopic (exact) mass is 358 g/mol. The SMILES string of the molecule is CN(CC(=O)N1CCCC1)C(=O)c1ccc(Br)c(Cl)c1. The van der Waals surface area contributed by atoms with Gasteiger partial charge in [-0.15, -0.1) is 0 Å². The summed E-state index contributed by atoms with van der Waals surface area (Å²) >= 11 is 9.26. The molecule has 0 unspecified atom stereocenters. The lowest BCUT2D eigenvalue weighted by molar-refractivity contribution is -0.130. The van der Waals surface area contributed by atoms with Crippen molar-refractivity contribution in [2.24, 2.45) is 0 Å². The fourth-order valence-electron chi connectivity index (χ4n) is 2.19. The van der Waals surface area contributed by atoms with Crippen molar-refractivity contribution in [3.05, 3.63) is 33.3 Å². The molecule has 6 heteroatoms. The van der Waals surface area contributed by atoms with Gasteiger partial charge in [0.15, 0.2) is 0 Å². The first kappa shape index (κ1) is 15.3. The molecule has 2 amide bonds. The van der Waals surface area contributed by atoms with Gasteiger partial charge in [0, 0.05) is 30.2 Å². The number of nitrogens with zero attached hydrogens (tertiary/aromatic N) is 2. The Morgan fingerprint density at radius 1 is 1.35 bits per heavy atom. The smallest absolute Gasteiger partial charge is 0.254 e. The molecule has 0 atom stereocenters. The number of rotatable bonds is 3. The normalized spacial score (nSPS) is 14.4. The van der Waals surface area contributed by atoms with E-state index in [2.05, 4.69) is 15.9 Å². The zero-order valence-electron chi connectivity index (χ0n) is 11.2. The molecule has 0 N–H and O–H groups in total. The van der Waals surface area contributed by atoms with Gasteiger partial charge in [-0.2, -0.15) is 0 Å². The van der Waals surface area contributed by atoms with Crippen molar-refractivity contribution in [1.29, 1.82) is 0 Å². The molecule has 0 aromatic heterocycles. The van der Waals surface area contributed by atoms with E-state index in [0.29, 0.717) is 10.6 Å². The van der Waals surface area contributed by atoms with Gasteiger partial charge >= 0.3 is 0 Å². The standard InChI is InChI=1S/C14H16BrClN2O2/c1-17(9-13(19)18-6-2-3-7-18)14(20)10-4-5-11(15)12(16)8-10/h4-5,8H,2-3,6-7,9H2,1H3. The molecule has 108 valence electrons. The molecule has 0 spiro atoms. The number of likely N-dealkylation sites (N-methyl/N-ethyl adjacent to an activating group) is 1. The molecule has 0 aliphatic carbocycles. The molecule has 1 saturated heterocycles. The van der Waals surface area contributed by atoms with E-state index in [1.54, 1.807) is 30.1 Å². The van der Waals surface area contributed by atoms with Gasteiger partial charge in [-0.25, -0.2) is 0 Å². The van der Waals surface area contributed by atoms with Crippen molar-refractivity contribution >= 4 is 39.3 Å². The molecule has 0 radical (unpaired) electrons. The molecule has 1 fully saturated rings. The summed E-state index contributed by atoms with van der Waals surface area (Å²) in [4.78, 5) is 27.5. The maximum Gasteiger partial charge on any atom is 0.254 e. The highest BCUT2D eigenvalue weighted by Gasteiger charge is 2.21. The summed E-state index contributed by atoms with van der Waals surface area (Å²) in [7, 11) is 1.63. The van der Waals surface area contributed by atoms with Crippen LogP contribution in [0.4, 0.5) is 0 Å². The van der Waals surface area contributed by atoms with Crippen LogP contribution in [-0.2, 0) is 4.79 Å². The molecule has 1 aliphatic rings. The fraction of sp³-hybridized carbons (Fsp3) is 0.429. The van der Waals surface area contributed by atoms with Crippen molar-refractivity contribution in [3.63, 3.8) is 0 Å². The zero-order valence-corrected chi connectivity index (χ0v) is 13.6. The number of amides is 2. The summed E-state index contributed by atoms with van der Waals surface area (Å²) in [6.45, 7) is 1.70. The van der Waals surface area contributed by atoms with Gasteiger partial charge in [0.1, 0.15) is 0 Å². The van der Waals surface area contributed by atoms with Gasteiger partial charge in [0.05, 0.1) is 11.6 Å². The van der Waals surface area contributed by atoms with E-state index in [1.165, 1.54) is 4.90 Å². The summed E-state index contributed by atoms with van der Waals surface area (Å²) in [5.41, 5.74) is 0.481. The van der Waals surface area contributed by atoms with Crippen LogP contribution in [0.3, 0.4) is 0 Å². The molecule has 1 aromatic rings. The lowest BCUT2D eigenvalue weighted by Gasteiger charge is -2.21. The average molecular weight is 360 g/mol. The molecule has 0 saturated carbocycles. The molecule has 1 heterocycles. The largest absolute Gasteiger partial charge is 0.341 e. The van der Waals surface area contributed by atoms with E-state index in [4.69, 9.17) is 11.6 Å². The molecule has 20 heavy (non-hydrogen) atoms. The highest BCUT2D eigenvalue weighted by molar-refractivity contribution is 9.10. The maximum absolute atomic E-state index is 12.2. The summed E-state index contributed by atoms with van der Waals surface area (Å²) < 4.78 is 0.742. The number of halogens is 2. The highest BCUT2D eigenvalue weighted by Crippen LogP contribution is 2.23. The maximum atomic E-state index is 12.2. The molecule has 2 rings (SSSR count). The second-order valence-electron chi connectivity index (χ2n) is 4.88. The number of carbonyl (C=O) groups is 2. The highest BCUT2D eigenvalue weighted by atomic mass is 79.9. The van der Waals surface area contributed by atoms with E-state index in [-0.39, 0.29) is 18.4 Å². The van der Waals surface area contributed by atoms with Crippen molar-refractivity contribution in [2.75, 3.05) is 26.7 Å². The topological polar surface area (TPSA) is 40.6 Å². The third kappa shape index (κ3) is 3.52. The summed E-state index contributed by atoms with van der Waals surface area (Å²) in [5.74, 6) is -0.200. The van der Waals surface area contributed by atoms with Crippen molar-refractivity contribution < 1.29 is 9.59 Å². The third-order valence-electron chi connectivity index (χ3n) is 3.34. The zero-order chi connectivity index (χ0) is 14.7. The quantitative estimate of drug-likeness (QED) is 0.832. The van der Waals surface area contributed by atoms with Gasteiger partial charge in [0.2, 0.25) is 5.91 Å². The first-order chi connectivity index (χ1) is 9.49. The Balaban J connectivity index is 2.00. The lowest BCUT2D eigenvalue weighted by Crippen LogP contribution is -2.39. The summed E-state index contributed by atoms with van der Waals surface area (Å²) in [6, 6.07) is 5.02. The van der Waals surface area contributed by atoms with Crippen LogP contribution in [0.2, 0.25) is 5.02 Å². The minimum atomic E-state index is -0.202. The predicted octanol–water partition coefficient (Wildman–Crippen LogP) is 2.80. The Morgan fingerprint density at radius 3 is 2.60 bits per heavy atom. The van der Waals surface area contributed by atoms with Gasteiger partial charge in [-0.3, -0.25) is 9.59 Å². The number of hydrogen-bond acceptors (Lipinski definition) is 2. The van der Waals surface area contributed by atoms with E-state index in [1.807, 2.05) is 0 Å². The lowest BCUT2D eigenvalue weighted by atomic mass is 10.2. The Bertz CT molecular complexity index is 530. The van der Waals surface area contributed by atoms with Crippen molar-refractivity contribution in [3.8, 4) is 0 Å². The van der Waals surface area contributed by atoms with Gasteiger partial charge in [0.25, 0.3) is 5.91 Å². The van der Waals surface area contributed by atoms with Crippen molar-refractivity contribution in [1.82, 2.24) is 9.80 Å². The number of benzene rings is 1. The first-order valence-corrected chi connectivity index (χ1v) is 7.64. The molecular formula is C14H16BrClN2O2. The second kappa shape index (κ2) is 6.59. The van der Waals surface area contributed by atoms with Crippen LogP contribution >= 0.6 is 27.5 Å². The second-order valence-corrected chi connectivity index (χ2v) is 6.14. The van der Waals surface area contributed by atoms with Crippen LogP contribution in [0.15, 0.2) is 22.7 Å². The van der Waals surface area contributed by atoms with Crippen LogP contribution in [-0.4, -0.2) is 48.3 Å². The number of carbonyl (C=O) groups excluding carboxylic acids is 2. The molecule has 4 nitrogen and oxygen atoms in total. The van der Waals surface area contributed by atoms with Crippen LogP contribution in [0, 0.1) is 0 Å². The Morgan fingerprint density at radius 2 is 2.00 bits per heavy atom. The van der Waals surface area contributed by atoms with E-state index in [0.717, 1.165) is 30.4 Å². The molecule has 1 aliphatic heterocycles. The van der Waals surface area contributed by atoms with E-state index < -0.39 is 0 Å². The molecule has 1 aromatic carbocycles. The first-order valence-electron chi connectivity index (χ1n) is 6.47. The molecular weight excluding hydrogens is 344 g/mol.